The summed E-state index contributed by atoms with van der Waals surface area (Å²) in [5.74, 6) is 4.40. The smallest absolute Gasteiger partial charge is 0.111 e. The second-order valence-electron chi connectivity index (χ2n) is 9.46. The lowest BCUT2D eigenvalue weighted by Gasteiger charge is -2.36. The van der Waals surface area contributed by atoms with Gasteiger partial charge in [-0.3, -0.25) is 0 Å². The summed E-state index contributed by atoms with van der Waals surface area (Å²) >= 11 is 0. The zero-order chi connectivity index (χ0) is 18.9. The van der Waals surface area contributed by atoms with Crippen molar-refractivity contribution in [2.45, 2.75) is 57.9 Å². The summed E-state index contributed by atoms with van der Waals surface area (Å²) in [4.78, 5) is 7.77. The fourth-order valence-electron chi connectivity index (χ4n) is 6.35. The molecular formula is C24H36N4. The first-order chi connectivity index (χ1) is 13.8. The molecule has 1 N–H and O–H groups in total. The Labute approximate surface area is 169 Å². The number of imidazole rings is 1. The van der Waals surface area contributed by atoms with E-state index in [0.717, 1.165) is 37.3 Å². The van der Waals surface area contributed by atoms with E-state index in [4.69, 9.17) is 4.98 Å². The van der Waals surface area contributed by atoms with Gasteiger partial charge in [0, 0.05) is 38.6 Å². The van der Waals surface area contributed by atoms with Crippen LogP contribution in [0.2, 0.25) is 0 Å². The van der Waals surface area contributed by atoms with Gasteiger partial charge in [0.15, 0.2) is 0 Å². The molecule has 5 rings (SSSR count). The number of fused-ring (bicyclic) bond motifs is 3. The summed E-state index contributed by atoms with van der Waals surface area (Å²) in [5.41, 5.74) is 2.50. The van der Waals surface area contributed by atoms with Crippen LogP contribution in [0.3, 0.4) is 0 Å². The minimum absolute atomic E-state index is 0.611. The van der Waals surface area contributed by atoms with E-state index in [0.29, 0.717) is 6.04 Å². The number of nitrogens with one attached hydrogen (secondary N) is 1. The maximum atomic E-state index is 5.00. The van der Waals surface area contributed by atoms with Crippen molar-refractivity contribution in [2.24, 2.45) is 17.8 Å². The predicted octanol–water partition coefficient (Wildman–Crippen LogP) is 4.26. The Kier molecular flexibility index (Phi) is 5.43. The van der Waals surface area contributed by atoms with Crippen LogP contribution in [0.25, 0.3) is 11.0 Å². The molecule has 4 heteroatoms. The van der Waals surface area contributed by atoms with Gasteiger partial charge in [0.2, 0.25) is 0 Å². The van der Waals surface area contributed by atoms with Crippen LogP contribution in [-0.2, 0) is 6.42 Å². The van der Waals surface area contributed by atoms with Gasteiger partial charge in [-0.25, -0.2) is 4.98 Å². The highest BCUT2D eigenvalue weighted by Gasteiger charge is 2.40. The van der Waals surface area contributed by atoms with Crippen LogP contribution in [0.4, 0.5) is 0 Å². The Balaban J connectivity index is 1.26. The molecule has 2 aliphatic carbocycles. The van der Waals surface area contributed by atoms with Crippen molar-refractivity contribution >= 4 is 11.0 Å². The molecule has 152 valence electrons. The molecule has 3 unspecified atom stereocenters. The van der Waals surface area contributed by atoms with Crippen molar-refractivity contribution < 1.29 is 0 Å². The molecule has 0 spiro atoms. The van der Waals surface area contributed by atoms with Gasteiger partial charge in [-0.1, -0.05) is 25.5 Å². The summed E-state index contributed by atoms with van der Waals surface area (Å²) in [6, 6.07) is 9.33. The van der Waals surface area contributed by atoms with Crippen LogP contribution in [0, 0.1) is 17.8 Å². The molecule has 0 amide bonds. The van der Waals surface area contributed by atoms with Crippen LogP contribution < -0.4 is 5.32 Å². The Morgan fingerprint density at radius 3 is 2.68 bits per heavy atom. The van der Waals surface area contributed by atoms with Gasteiger partial charge in [0.25, 0.3) is 0 Å². The van der Waals surface area contributed by atoms with E-state index < -0.39 is 0 Å². The standard InChI is InChI=1S/C24H36N4/c1-2-25-12-9-24-26-22-5-3-4-6-23(22)28(24)21-10-13-27(14-11-21)17-20-16-18-7-8-19(20)15-18/h3-6,18-21,25H,2,7-17H2,1H3. The summed E-state index contributed by atoms with van der Waals surface area (Å²) in [6.45, 7) is 8.11. The molecule has 3 fully saturated rings. The second-order valence-corrected chi connectivity index (χ2v) is 9.46. The molecule has 3 atom stereocenters. The van der Waals surface area contributed by atoms with E-state index in [1.807, 2.05) is 0 Å². The maximum Gasteiger partial charge on any atom is 0.111 e. The lowest BCUT2D eigenvalue weighted by Crippen LogP contribution is -2.39. The summed E-state index contributed by atoms with van der Waals surface area (Å²) in [6.07, 6.45) is 9.66. The minimum atomic E-state index is 0.611. The van der Waals surface area contributed by atoms with Crippen molar-refractivity contribution in [1.29, 1.82) is 0 Å². The first-order valence-corrected chi connectivity index (χ1v) is 11.7. The number of hydrogen-bond donors (Lipinski definition) is 1. The second kappa shape index (κ2) is 8.16. The Morgan fingerprint density at radius 2 is 1.93 bits per heavy atom. The fraction of sp³-hybridized carbons (Fsp3) is 0.708. The van der Waals surface area contributed by atoms with Gasteiger partial charge in [0.05, 0.1) is 11.0 Å². The third-order valence-electron chi connectivity index (χ3n) is 7.74. The third-order valence-corrected chi connectivity index (χ3v) is 7.74. The SMILES string of the molecule is CCNCCc1nc2ccccc2n1C1CCN(CC2CC3CCC2C3)CC1. The molecule has 1 aliphatic heterocycles. The molecule has 1 aromatic heterocycles. The van der Waals surface area contributed by atoms with Crippen LogP contribution in [0.15, 0.2) is 24.3 Å². The highest BCUT2D eigenvalue weighted by atomic mass is 15.2. The lowest BCUT2D eigenvalue weighted by atomic mass is 9.88. The highest BCUT2D eigenvalue weighted by molar-refractivity contribution is 5.76. The average molecular weight is 381 g/mol. The number of likely N-dealkylation sites (N-methyl/N-ethyl adjacent to an activating group) is 1. The number of rotatable bonds is 7. The average Bonchev–Trinajstić information content (AvgIpc) is 3.43. The van der Waals surface area contributed by atoms with E-state index in [9.17, 15) is 0 Å². The lowest BCUT2D eigenvalue weighted by molar-refractivity contribution is 0.141. The van der Waals surface area contributed by atoms with Crippen molar-refractivity contribution in [3.63, 3.8) is 0 Å². The van der Waals surface area contributed by atoms with Crippen LogP contribution in [-0.4, -0.2) is 47.2 Å². The van der Waals surface area contributed by atoms with Gasteiger partial charge in [0.1, 0.15) is 5.82 Å². The largest absolute Gasteiger partial charge is 0.325 e. The molecular weight excluding hydrogens is 344 g/mol. The maximum absolute atomic E-state index is 5.00. The van der Waals surface area contributed by atoms with E-state index in [1.165, 1.54) is 75.0 Å². The molecule has 0 radical (unpaired) electrons. The van der Waals surface area contributed by atoms with E-state index in [1.54, 1.807) is 0 Å². The molecule has 1 saturated heterocycles. The quantitative estimate of drug-likeness (QED) is 0.729. The molecule has 2 heterocycles. The van der Waals surface area contributed by atoms with E-state index in [2.05, 4.69) is 46.0 Å². The van der Waals surface area contributed by atoms with Gasteiger partial charge < -0.3 is 14.8 Å². The summed E-state index contributed by atoms with van der Waals surface area (Å²) < 4.78 is 2.58. The van der Waals surface area contributed by atoms with Crippen LogP contribution in [0.1, 0.15) is 57.3 Å². The van der Waals surface area contributed by atoms with E-state index >= 15 is 0 Å². The van der Waals surface area contributed by atoms with Gasteiger partial charge in [-0.15, -0.1) is 0 Å². The first kappa shape index (κ1) is 18.6. The van der Waals surface area contributed by atoms with Gasteiger partial charge in [-0.2, -0.15) is 0 Å². The topological polar surface area (TPSA) is 33.1 Å². The van der Waals surface area contributed by atoms with Crippen LogP contribution >= 0.6 is 0 Å². The van der Waals surface area contributed by atoms with Crippen molar-refractivity contribution in [1.82, 2.24) is 19.8 Å². The number of para-hydroxylation sites is 2. The summed E-state index contributed by atoms with van der Waals surface area (Å²) in [5, 5.41) is 3.47. The Morgan fingerprint density at radius 1 is 1.07 bits per heavy atom. The van der Waals surface area contributed by atoms with Crippen LogP contribution in [0.5, 0.6) is 0 Å². The van der Waals surface area contributed by atoms with Crippen molar-refractivity contribution in [3.05, 3.63) is 30.1 Å². The molecule has 2 saturated carbocycles. The first-order valence-electron chi connectivity index (χ1n) is 11.7. The van der Waals surface area contributed by atoms with E-state index in [-0.39, 0.29) is 0 Å². The molecule has 2 bridgehead atoms. The minimum Gasteiger partial charge on any atom is -0.325 e. The van der Waals surface area contributed by atoms with Gasteiger partial charge in [-0.05, 0) is 68.5 Å². The number of aromatic nitrogens is 2. The zero-order valence-corrected chi connectivity index (χ0v) is 17.4. The number of likely N-dealkylation sites (tertiary alicyclic amines) is 1. The number of benzene rings is 1. The number of piperidine rings is 1. The Hall–Kier alpha value is -1.39. The molecule has 2 aromatic rings. The number of nitrogens with zero attached hydrogens (tertiary/aromatic N) is 3. The Bertz CT molecular complexity index is 789. The highest BCUT2D eigenvalue weighted by Crippen LogP contribution is 2.48. The zero-order valence-electron chi connectivity index (χ0n) is 17.4. The molecule has 1 aromatic carbocycles. The normalized spacial score (nSPS) is 28.5. The third kappa shape index (κ3) is 3.61. The molecule has 28 heavy (non-hydrogen) atoms. The predicted molar refractivity (Wildman–Crippen MR) is 116 cm³/mol. The monoisotopic (exact) mass is 380 g/mol. The summed E-state index contributed by atoms with van der Waals surface area (Å²) in [7, 11) is 0. The van der Waals surface area contributed by atoms with Crippen molar-refractivity contribution in [2.75, 3.05) is 32.7 Å². The fourth-order valence-corrected chi connectivity index (χ4v) is 6.35. The molecule has 3 aliphatic rings. The molecule has 4 nitrogen and oxygen atoms in total. The van der Waals surface area contributed by atoms with Gasteiger partial charge >= 0.3 is 0 Å². The number of hydrogen-bond acceptors (Lipinski definition) is 3. The van der Waals surface area contributed by atoms with Crippen molar-refractivity contribution in [3.8, 4) is 0 Å².